The number of ether oxygens (including phenoxy) is 2. The third-order valence-corrected chi connectivity index (χ3v) is 5.75. The lowest BCUT2D eigenvalue weighted by molar-refractivity contribution is 0.360. The Hall–Kier alpha value is -3.58. The molecule has 1 aliphatic rings. The molecule has 4 rings (SSSR count). The topological polar surface area (TPSA) is 111 Å². The predicted molar refractivity (Wildman–Crippen MR) is 119 cm³/mol. The zero-order valence-corrected chi connectivity index (χ0v) is 18.5. The van der Waals surface area contributed by atoms with Crippen molar-refractivity contribution in [3.63, 3.8) is 0 Å². The number of methoxy groups -OCH3 is 2. The van der Waals surface area contributed by atoms with E-state index >= 15 is 0 Å². The fourth-order valence-corrected chi connectivity index (χ4v) is 3.70. The van der Waals surface area contributed by atoms with E-state index in [4.69, 9.17) is 15.2 Å². The van der Waals surface area contributed by atoms with Gasteiger partial charge in [-0.3, -0.25) is 14.5 Å². The van der Waals surface area contributed by atoms with Crippen molar-refractivity contribution in [2.75, 3.05) is 32.2 Å². The van der Waals surface area contributed by atoms with Gasteiger partial charge in [0.05, 0.1) is 19.8 Å². The lowest BCUT2D eigenvalue weighted by atomic mass is 9.91. The number of halogens is 1. The number of hydrogen-bond acceptors (Lipinski definition) is 7. The SMILES string of the molecule is COc1cc(C#Cc2n[nH]c3nc(N4CCC(C)(N)CC4)n(C)c(=O)c23)c(F)c(OC)c1. The number of aromatic nitrogens is 4. The molecule has 168 valence electrons. The molecule has 0 atom stereocenters. The zero-order valence-electron chi connectivity index (χ0n) is 18.5. The van der Waals surface area contributed by atoms with E-state index in [9.17, 15) is 9.18 Å². The molecule has 3 aromatic rings. The molecule has 0 spiro atoms. The van der Waals surface area contributed by atoms with Crippen LogP contribution in [-0.2, 0) is 7.05 Å². The van der Waals surface area contributed by atoms with Crippen LogP contribution < -0.4 is 25.7 Å². The van der Waals surface area contributed by atoms with E-state index in [0.29, 0.717) is 30.4 Å². The van der Waals surface area contributed by atoms with Gasteiger partial charge in [-0.1, -0.05) is 5.92 Å². The molecule has 0 radical (unpaired) electrons. The monoisotopic (exact) mass is 440 g/mol. The predicted octanol–water partition coefficient (Wildman–Crippen LogP) is 1.53. The molecule has 1 fully saturated rings. The smallest absolute Gasteiger partial charge is 0.267 e. The minimum atomic E-state index is -0.619. The van der Waals surface area contributed by atoms with E-state index in [1.54, 1.807) is 7.05 Å². The second-order valence-corrected chi connectivity index (χ2v) is 8.15. The Morgan fingerprint density at radius 3 is 2.59 bits per heavy atom. The fraction of sp³-hybridized carbons (Fsp3) is 0.409. The summed E-state index contributed by atoms with van der Waals surface area (Å²) in [4.78, 5) is 19.8. The normalized spacial score (nSPS) is 15.4. The van der Waals surface area contributed by atoms with E-state index in [1.165, 1.54) is 30.9 Å². The van der Waals surface area contributed by atoms with Crippen molar-refractivity contribution in [1.82, 2.24) is 19.7 Å². The molecule has 3 N–H and O–H groups in total. The summed E-state index contributed by atoms with van der Waals surface area (Å²) in [5.74, 6) is 5.84. The molecule has 3 heterocycles. The molecular formula is C22H25FN6O3. The van der Waals surface area contributed by atoms with E-state index in [-0.39, 0.29) is 33.5 Å². The second-order valence-electron chi connectivity index (χ2n) is 8.15. The molecule has 0 unspecified atom stereocenters. The van der Waals surface area contributed by atoms with Gasteiger partial charge >= 0.3 is 0 Å². The molecule has 0 amide bonds. The standard InChI is InChI=1S/C22H25FN6O3/c1-22(24)7-9-29(10-8-22)21-25-19-17(20(30)28(21)2)15(26-27-19)6-5-13-11-14(31-3)12-16(32-4)18(13)23/h11-12H,7-10,24H2,1-4H3,(H,26,27). The van der Waals surface area contributed by atoms with Gasteiger partial charge in [-0.2, -0.15) is 10.1 Å². The van der Waals surface area contributed by atoms with Crippen molar-refractivity contribution >= 4 is 17.0 Å². The number of fused-ring (bicyclic) bond motifs is 1. The van der Waals surface area contributed by atoms with E-state index < -0.39 is 5.82 Å². The summed E-state index contributed by atoms with van der Waals surface area (Å²) >= 11 is 0. The first kappa shape index (κ1) is 21.6. The van der Waals surface area contributed by atoms with Gasteiger partial charge in [0.1, 0.15) is 11.1 Å². The summed E-state index contributed by atoms with van der Waals surface area (Å²) < 4.78 is 26.3. The average Bonchev–Trinajstić information content (AvgIpc) is 3.18. The van der Waals surface area contributed by atoms with E-state index in [2.05, 4.69) is 27.0 Å². The van der Waals surface area contributed by atoms with Crippen LogP contribution in [0.15, 0.2) is 16.9 Å². The zero-order chi connectivity index (χ0) is 23.0. The molecule has 0 aliphatic carbocycles. The Labute approximate surface area is 184 Å². The first-order valence-electron chi connectivity index (χ1n) is 10.2. The summed E-state index contributed by atoms with van der Waals surface area (Å²) in [5, 5.41) is 7.16. The Bertz CT molecular complexity index is 1290. The molecular weight excluding hydrogens is 415 g/mol. The lowest BCUT2D eigenvalue weighted by Crippen LogP contribution is -2.49. The Morgan fingerprint density at radius 2 is 1.94 bits per heavy atom. The van der Waals surface area contributed by atoms with Gasteiger partial charge in [-0.05, 0) is 31.8 Å². The van der Waals surface area contributed by atoms with Crippen LogP contribution in [0.5, 0.6) is 11.5 Å². The highest BCUT2D eigenvalue weighted by Crippen LogP contribution is 2.27. The van der Waals surface area contributed by atoms with Crippen LogP contribution in [0.3, 0.4) is 0 Å². The van der Waals surface area contributed by atoms with Crippen molar-refractivity contribution in [3.05, 3.63) is 39.6 Å². The number of piperidine rings is 1. The Balaban J connectivity index is 1.74. The maximum Gasteiger partial charge on any atom is 0.267 e. The van der Waals surface area contributed by atoms with Gasteiger partial charge in [0, 0.05) is 31.7 Å². The van der Waals surface area contributed by atoms with Crippen LogP contribution in [0.1, 0.15) is 31.0 Å². The third kappa shape index (κ3) is 3.87. The van der Waals surface area contributed by atoms with Crippen molar-refractivity contribution in [3.8, 4) is 23.3 Å². The third-order valence-electron chi connectivity index (χ3n) is 5.75. The van der Waals surface area contributed by atoms with Crippen LogP contribution in [0, 0.1) is 17.7 Å². The number of hydrogen-bond donors (Lipinski definition) is 2. The van der Waals surface area contributed by atoms with Gasteiger partial charge in [-0.15, -0.1) is 0 Å². The minimum Gasteiger partial charge on any atom is -0.497 e. The molecule has 9 nitrogen and oxygen atoms in total. The van der Waals surface area contributed by atoms with Crippen molar-refractivity contribution in [2.24, 2.45) is 12.8 Å². The molecule has 1 saturated heterocycles. The largest absolute Gasteiger partial charge is 0.497 e. The number of H-pyrrole nitrogens is 1. The molecule has 1 aliphatic heterocycles. The first-order valence-corrected chi connectivity index (χ1v) is 10.2. The quantitative estimate of drug-likeness (QED) is 0.594. The highest BCUT2D eigenvalue weighted by Gasteiger charge is 2.28. The number of aromatic amines is 1. The van der Waals surface area contributed by atoms with Crippen LogP contribution in [0.2, 0.25) is 0 Å². The number of anilines is 1. The summed E-state index contributed by atoms with van der Waals surface area (Å²) in [6.45, 7) is 3.44. The molecule has 0 bridgehead atoms. The summed E-state index contributed by atoms with van der Waals surface area (Å²) in [5.41, 5.74) is 6.31. The lowest BCUT2D eigenvalue weighted by Gasteiger charge is -2.37. The van der Waals surface area contributed by atoms with Gasteiger partial charge in [-0.25, -0.2) is 4.39 Å². The molecule has 1 aromatic carbocycles. The van der Waals surface area contributed by atoms with Crippen LogP contribution in [0.4, 0.5) is 10.3 Å². The number of nitrogens with zero attached hydrogens (tertiary/aromatic N) is 4. The maximum atomic E-state index is 14.6. The van der Waals surface area contributed by atoms with E-state index in [0.717, 1.165) is 12.8 Å². The molecule has 2 aromatic heterocycles. The second kappa shape index (κ2) is 8.16. The number of nitrogens with one attached hydrogen (secondary N) is 1. The van der Waals surface area contributed by atoms with Crippen molar-refractivity contribution < 1.29 is 13.9 Å². The Morgan fingerprint density at radius 1 is 1.22 bits per heavy atom. The van der Waals surface area contributed by atoms with Gasteiger partial charge < -0.3 is 20.1 Å². The summed E-state index contributed by atoms with van der Waals surface area (Å²) in [6.07, 6.45) is 1.60. The highest BCUT2D eigenvalue weighted by atomic mass is 19.1. The molecule has 0 saturated carbocycles. The van der Waals surface area contributed by atoms with Gasteiger partial charge in [0.25, 0.3) is 5.56 Å². The molecule has 32 heavy (non-hydrogen) atoms. The van der Waals surface area contributed by atoms with Crippen molar-refractivity contribution in [2.45, 2.75) is 25.3 Å². The van der Waals surface area contributed by atoms with Gasteiger partial charge in [0.15, 0.2) is 22.9 Å². The number of nitrogens with two attached hydrogens (primary N) is 1. The van der Waals surface area contributed by atoms with Crippen LogP contribution >= 0.6 is 0 Å². The van der Waals surface area contributed by atoms with Gasteiger partial charge in [0.2, 0.25) is 5.95 Å². The van der Waals surface area contributed by atoms with Crippen molar-refractivity contribution in [1.29, 1.82) is 0 Å². The fourth-order valence-electron chi connectivity index (χ4n) is 3.70. The summed E-state index contributed by atoms with van der Waals surface area (Å²) in [7, 11) is 4.49. The number of rotatable bonds is 3. The van der Waals surface area contributed by atoms with Crippen LogP contribution in [0.25, 0.3) is 11.0 Å². The molecule has 10 heteroatoms. The maximum absolute atomic E-state index is 14.6. The minimum absolute atomic E-state index is 0.0119. The highest BCUT2D eigenvalue weighted by molar-refractivity contribution is 5.81. The summed E-state index contributed by atoms with van der Waals surface area (Å²) in [6, 6.07) is 2.88. The first-order chi connectivity index (χ1) is 15.2. The number of benzene rings is 1. The average molecular weight is 440 g/mol. The Kier molecular flexibility index (Phi) is 5.52. The van der Waals surface area contributed by atoms with Crippen LogP contribution in [-0.4, -0.2) is 52.6 Å². The van der Waals surface area contributed by atoms with E-state index in [1.807, 2.05) is 11.8 Å².